The van der Waals surface area contributed by atoms with Gasteiger partial charge in [0.25, 0.3) is 0 Å². The van der Waals surface area contributed by atoms with E-state index in [1.54, 1.807) is 7.11 Å². The van der Waals surface area contributed by atoms with Gasteiger partial charge in [-0.25, -0.2) is 0 Å². The minimum Gasteiger partial charge on any atom is -0.493 e. The van der Waals surface area contributed by atoms with Crippen molar-refractivity contribution in [1.82, 2.24) is 4.90 Å². The summed E-state index contributed by atoms with van der Waals surface area (Å²) in [6.07, 6.45) is 6.19. The zero-order valence-electron chi connectivity index (χ0n) is 13.8. The molecule has 122 valence electrons. The highest BCUT2D eigenvalue weighted by molar-refractivity contribution is 5.46. The molecule has 0 bridgehead atoms. The lowest BCUT2D eigenvalue weighted by Gasteiger charge is -2.41. The summed E-state index contributed by atoms with van der Waals surface area (Å²) >= 11 is 0. The molecule has 1 aliphatic heterocycles. The fourth-order valence-electron chi connectivity index (χ4n) is 3.70. The van der Waals surface area contributed by atoms with Gasteiger partial charge in [0.1, 0.15) is 6.10 Å². The van der Waals surface area contributed by atoms with Gasteiger partial charge >= 0.3 is 0 Å². The first kappa shape index (κ1) is 15.6. The Morgan fingerprint density at radius 3 is 2.68 bits per heavy atom. The van der Waals surface area contributed by atoms with E-state index in [-0.39, 0.29) is 11.5 Å². The molecule has 2 fully saturated rings. The molecule has 1 aromatic rings. The Kier molecular flexibility index (Phi) is 4.59. The molecule has 3 rings (SSSR count). The van der Waals surface area contributed by atoms with Crippen LogP contribution >= 0.6 is 0 Å². The van der Waals surface area contributed by atoms with Crippen LogP contribution in [0.15, 0.2) is 18.2 Å². The van der Waals surface area contributed by atoms with Gasteiger partial charge < -0.3 is 20.1 Å². The number of nitrogens with zero attached hydrogens (tertiary/aromatic N) is 1. The van der Waals surface area contributed by atoms with Crippen molar-refractivity contribution in [2.75, 3.05) is 33.8 Å². The van der Waals surface area contributed by atoms with E-state index >= 15 is 0 Å². The zero-order valence-corrected chi connectivity index (χ0v) is 13.8. The molecule has 2 aliphatic rings. The first-order valence-electron chi connectivity index (χ1n) is 8.41. The molecule has 0 aromatic heterocycles. The molecule has 4 nitrogen and oxygen atoms in total. The van der Waals surface area contributed by atoms with Gasteiger partial charge in [0.05, 0.1) is 7.11 Å². The van der Waals surface area contributed by atoms with Crippen LogP contribution in [0.3, 0.4) is 0 Å². The lowest BCUT2D eigenvalue weighted by Crippen LogP contribution is -2.41. The average molecular weight is 304 g/mol. The maximum Gasteiger partial charge on any atom is 0.161 e. The largest absolute Gasteiger partial charge is 0.493 e. The van der Waals surface area contributed by atoms with Gasteiger partial charge in [-0.3, -0.25) is 0 Å². The quantitative estimate of drug-likeness (QED) is 0.908. The molecule has 1 aromatic carbocycles. The maximum atomic E-state index is 6.20. The zero-order chi connectivity index (χ0) is 15.6. The Bertz CT molecular complexity index is 508. The summed E-state index contributed by atoms with van der Waals surface area (Å²) < 4.78 is 11.8. The van der Waals surface area contributed by atoms with Gasteiger partial charge in [-0.2, -0.15) is 0 Å². The van der Waals surface area contributed by atoms with Crippen LogP contribution in [0, 0.1) is 0 Å². The van der Waals surface area contributed by atoms with E-state index < -0.39 is 0 Å². The van der Waals surface area contributed by atoms with Crippen LogP contribution in [0.1, 0.15) is 37.7 Å². The van der Waals surface area contributed by atoms with E-state index in [0.29, 0.717) is 6.54 Å². The maximum absolute atomic E-state index is 6.20. The fraction of sp³-hybridized carbons (Fsp3) is 0.667. The van der Waals surface area contributed by atoms with E-state index in [1.807, 2.05) is 0 Å². The SMILES string of the molecule is COc1cc(C2(CN)CCC2)ccc1OC1CCCN(C)C1. The number of hydrogen-bond donors (Lipinski definition) is 1. The normalized spacial score (nSPS) is 24.6. The number of benzene rings is 1. The molecule has 1 atom stereocenters. The highest BCUT2D eigenvalue weighted by Crippen LogP contribution is 2.45. The predicted octanol–water partition coefficient (Wildman–Crippen LogP) is 2.55. The number of rotatable bonds is 5. The van der Waals surface area contributed by atoms with E-state index in [2.05, 4.69) is 30.1 Å². The molecule has 1 saturated carbocycles. The third-order valence-corrected chi connectivity index (χ3v) is 5.35. The number of methoxy groups -OCH3 is 1. The van der Waals surface area contributed by atoms with Crippen LogP contribution in [0.4, 0.5) is 0 Å². The Hall–Kier alpha value is -1.26. The monoisotopic (exact) mass is 304 g/mol. The van der Waals surface area contributed by atoms with Crippen LogP contribution in [0.2, 0.25) is 0 Å². The molecule has 1 heterocycles. The average Bonchev–Trinajstić information content (AvgIpc) is 2.48. The molecule has 1 saturated heterocycles. The summed E-state index contributed by atoms with van der Waals surface area (Å²) in [6.45, 7) is 2.86. The first-order chi connectivity index (χ1) is 10.7. The molecule has 2 N–H and O–H groups in total. The van der Waals surface area contributed by atoms with Crippen LogP contribution in [-0.4, -0.2) is 44.8 Å². The van der Waals surface area contributed by atoms with E-state index in [0.717, 1.165) is 31.0 Å². The summed E-state index contributed by atoms with van der Waals surface area (Å²) in [4.78, 5) is 2.33. The number of ether oxygens (including phenoxy) is 2. The van der Waals surface area contributed by atoms with E-state index in [4.69, 9.17) is 15.2 Å². The summed E-state index contributed by atoms with van der Waals surface area (Å²) in [5.74, 6) is 1.70. The van der Waals surface area contributed by atoms with Crippen LogP contribution < -0.4 is 15.2 Å². The predicted molar refractivity (Wildman–Crippen MR) is 88.7 cm³/mol. The van der Waals surface area contributed by atoms with Crippen molar-refractivity contribution in [1.29, 1.82) is 0 Å². The Labute approximate surface area is 133 Å². The van der Waals surface area contributed by atoms with Crippen LogP contribution in [0.5, 0.6) is 11.5 Å². The number of piperidine rings is 1. The van der Waals surface area contributed by atoms with Gasteiger partial charge in [0.15, 0.2) is 11.5 Å². The second kappa shape index (κ2) is 6.47. The van der Waals surface area contributed by atoms with Crippen molar-refractivity contribution in [2.24, 2.45) is 5.73 Å². The van der Waals surface area contributed by atoms with Crippen molar-refractivity contribution in [3.8, 4) is 11.5 Å². The molecule has 0 radical (unpaired) electrons. The van der Waals surface area contributed by atoms with Crippen molar-refractivity contribution in [3.63, 3.8) is 0 Å². The molecular weight excluding hydrogens is 276 g/mol. The van der Waals surface area contributed by atoms with Gasteiger partial charge in [-0.15, -0.1) is 0 Å². The molecule has 0 amide bonds. The van der Waals surface area contributed by atoms with E-state index in [1.165, 1.54) is 31.2 Å². The number of likely N-dealkylation sites (N-methyl/N-ethyl adjacent to an activating group) is 1. The van der Waals surface area contributed by atoms with Crippen molar-refractivity contribution in [2.45, 2.75) is 43.6 Å². The molecule has 22 heavy (non-hydrogen) atoms. The Morgan fingerprint density at radius 1 is 1.27 bits per heavy atom. The lowest BCUT2D eigenvalue weighted by atomic mass is 9.64. The molecule has 1 unspecified atom stereocenters. The molecule has 0 spiro atoms. The summed E-state index contributed by atoms with van der Waals surface area (Å²) in [6, 6.07) is 6.38. The van der Waals surface area contributed by atoms with Gasteiger partial charge in [0.2, 0.25) is 0 Å². The Balaban J connectivity index is 1.77. The summed E-state index contributed by atoms with van der Waals surface area (Å²) in [5.41, 5.74) is 7.48. The topological polar surface area (TPSA) is 47.7 Å². The number of nitrogens with two attached hydrogens (primary N) is 1. The first-order valence-corrected chi connectivity index (χ1v) is 8.41. The number of likely N-dealkylation sites (tertiary alicyclic amines) is 1. The van der Waals surface area contributed by atoms with Gasteiger partial charge in [0, 0.05) is 18.5 Å². The van der Waals surface area contributed by atoms with Crippen molar-refractivity contribution < 1.29 is 9.47 Å². The minimum atomic E-state index is 0.164. The summed E-state index contributed by atoms with van der Waals surface area (Å²) in [5, 5.41) is 0. The second-order valence-electron chi connectivity index (χ2n) is 6.85. The standard InChI is InChI=1S/C18H28N2O2/c1-20-10-3-5-15(12-20)22-16-7-6-14(11-17(16)21-2)18(13-19)8-4-9-18/h6-7,11,15H,3-5,8-10,12-13,19H2,1-2H3. The summed E-state index contributed by atoms with van der Waals surface area (Å²) in [7, 11) is 3.87. The van der Waals surface area contributed by atoms with Crippen LogP contribution in [0.25, 0.3) is 0 Å². The fourth-order valence-corrected chi connectivity index (χ4v) is 3.70. The lowest BCUT2D eigenvalue weighted by molar-refractivity contribution is 0.101. The molecular formula is C18H28N2O2. The van der Waals surface area contributed by atoms with Crippen molar-refractivity contribution >= 4 is 0 Å². The third kappa shape index (κ3) is 2.95. The molecule has 4 heteroatoms. The number of hydrogen-bond acceptors (Lipinski definition) is 4. The highest BCUT2D eigenvalue weighted by Gasteiger charge is 2.37. The molecule has 1 aliphatic carbocycles. The van der Waals surface area contributed by atoms with E-state index in [9.17, 15) is 0 Å². The Morgan fingerprint density at radius 2 is 2.09 bits per heavy atom. The second-order valence-corrected chi connectivity index (χ2v) is 6.85. The third-order valence-electron chi connectivity index (χ3n) is 5.35. The van der Waals surface area contributed by atoms with Crippen LogP contribution in [-0.2, 0) is 5.41 Å². The van der Waals surface area contributed by atoms with Crippen molar-refractivity contribution in [3.05, 3.63) is 23.8 Å². The van der Waals surface area contributed by atoms with Gasteiger partial charge in [-0.1, -0.05) is 12.5 Å². The minimum absolute atomic E-state index is 0.164. The van der Waals surface area contributed by atoms with Gasteiger partial charge in [-0.05, 0) is 57.0 Å². The smallest absolute Gasteiger partial charge is 0.161 e. The highest BCUT2D eigenvalue weighted by atomic mass is 16.5.